The Hall–Kier alpha value is -3.88. The normalized spacial score (nSPS) is 18.5. The Bertz CT molecular complexity index is 1200. The molecule has 9 nitrogen and oxygen atoms in total. The minimum absolute atomic E-state index is 0.0465. The van der Waals surface area contributed by atoms with E-state index in [0.29, 0.717) is 31.3 Å². The highest BCUT2D eigenvalue weighted by molar-refractivity contribution is 6.00. The van der Waals surface area contributed by atoms with Gasteiger partial charge in [0, 0.05) is 69.1 Å². The molecule has 1 aromatic heterocycles. The van der Waals surface area contributed by atoms with Crippen molar-refractivity contribution in [3.8, 4) is 17.1 Å². The number of rotatable bonds is 5. The van der Waals surface area contributed by atoms with Crippen LogP contribution in [-0.2, 0) is 9.59 Å². The van der Waals surface area contributed by atoms with Gasteiger partial charge in [-0.3, -0.25) is 9.59 Å². The first-order chi connectivity index (χ1) is 16.5. The SMILES string of the molecule is COc1cccc(N2CCN(C(=O)[C@@H]3CC(=O)N(c4cccc(-c5noc(C)n5)c4)C3)CC2)c1. The fraction of sp³-hybridized carbons (Fsp3) is 0.360. The predicted octanol–water partition coefficient (Wildman–Crippen LogP) is 2.76. The second-order valence-electron chi connectivity index (χ2n) is 8.61. The first-order valence-corrected chi connectivity index (χ1v) is 11.4. The van der Waals surface area contributed by atoms with E-state index >= 15 is 0 Å². The van der Waals surface area contributed by atoms with Crippen molar-refractivity contribution in [2.75, 3.05) is 49.6 Å². The van der Waals surface area contributed by atoms with Crippen LogP contribution in [0.1, 0.15) is 12.3 Å². The van der Waals surface area contributed by atoms with Gasteiger partial charge in [-0.25, -0.2) is 0 Å². The van der Waals surface area contributed by atoms with Crippen molar-refractivity contribution in [2.45, 2.75) is 13.3 Å². The van der Waals surface area contributed by atoms with Crippen LogP contribution in [0, 0.1) is 12.8 Å². The number of piperazine rings is 1. The van der Waals surface area contributed by atoms with E-state index in [1.54, 1.807) is 18.9 Å². The van der Waals surface area contributed by atoms with Gasteiger partial charge in [-0.15, -0.1) is 0 Å². The summed E-state index contributed by atoms with van der Waals surface area (Å²) in [7, 11) is 1.66. The molecule has 2 aliphatic heterocycles. The molecule has 0 spiro atoms. The molecular weight excluding hydrogens is 434 g/mol. The van der Waals surface area contributed by atoms with Gasteiger partial charge >= 0.3 is 0 Å². The molecule has 5 rings (SSSR count). The predicted molar refractivity (Wildman–Crippen MR) is 127 cm³/mol. The summed E-state index contributed by atoms with van der Waals surface area (Å²) in [6.45, 7) is 4.87. The average molecular weight is 462 g/mol. The van der Waals surface area contributed by atoms with E-state index in [-0.39, 0.29) is 24.2 Å². The number of ether oxygens (including phenoxy) is 1. The molecule has 2 aromatic carbocycles. The van der Waals surface area contributed by atoms with Crippen LogP contribution in [0.4, 0.5) is 11.4 Å². The number of nitrogens with zero attached hydrogens (tertiary/aromatic N) is 5. The molecule has 0 bridgehead atoms. The fourth-order valence-electron chi connectivity index (χ4n) is 4.60. The summed E-state index contributed by atoms with van der Waals surface area (Å²) in [5, 5.41) is 3.95. The first-order valence-electron chi connectivity index (χ1n) is 11.4. The number of amides is 2. The van der Waals surface area contributed by atoms with Gasteiger partial charge in [0.25, 0.3) is 0 Å². The molecule has 2 fully saturated rings. The standard InChI is InChI=1S/C25H27N5O4/c1-17-26-24(27-34-17)18-5-3-7-21(13-18)30-16-19(14-23(30)31)25(32)29-11-9-28(10-12-29)20-6-4-8-22(15-20)33-2/h3-8,13,15,19H,9-12,14,16H2,1-2H3/t19-/m1/s1. The van der Waals surface area contributed by atoms with Crippen molar-refractivity contribution in [1.29, 1.82) is 0 Å². The van der Waals surface area contributed by atoms with Crippen LogP contribution < -0.4 is 14.5 Å². The van der Waals surface area contributed by atoms with Crippen molar-refractivity contribution in [3.63, 3.8) is 0 Å². The van der Waals surface area contributed by atoms with Gasteiger partial charge in [-0.2, -0.15) is 4.98 Å². The van der Waals surface area contributed by atoms with E-state index in [2.05, 4.69) is 21.1 Å². The molecule has 2 saturated heterocycles. The summed E-state index contributed by atoms with van der Waals surface area (Å²) < 4.78 is 10.4. The van der Waals surface area contributed by atoms with Crippen LogP contribution in [0.25, 0.3) is 11.4 Å². The van der Waals surface area contributed by atoms with Gasteiger partial charge < -0.3 is 24.0 Å². The van der Waals surface area contributed by atoms with Crippen molar-refractivity contribution >= 4 is 23.2 Å². The zero-order valence-corrected chi connectivity index (χ0v) is 19.3. The lowest BCUT2D eigenvalue weighted by Crippen LogP contribution is -2.50. The van der Waals surface area contributed by atoms with Crippen molar-refractivity contribution in [1.82, 2.24) is 15.0 Å². The molecule has 0 N–H and O–H groups in total. The molecule has 176 valence electrons. The highest BCUT2D eigenvalue weighted by atomic mass is 16.5. The number of carbonyl (C=O) groups excluding carboxylic acids is 2. The molecule has 0 saturated carbocycles. The van der Waals surface area contributed by atoms with Crippen molar-refractivity contribution in [3.05, 3.63) is 54.4 Å². The van der Waals surface area contributed by atoms with Crippen LogP contribution in [0.15, 0.2) is 53.1 Å². The minimum atomic E-state index is -0.341. The van der Waals surface area contributed by atoms with E-state index in [9.17, 15) is 9.59 Å². The number of methoxy groups -OCH3 is 1. The lowest BCUT2D eigenvalue weighted by atomic mass is 10.1. The second kappa shape index (κ2) is 9.17. The summed E-state index contributed by atoms with van der Waals surface area (Å²) in [5.41, 5.74) is 2.60. The third kappa shape index (κ3) is 4.33. The van der Waals surface area contributed by atoms with E-state index in [1.165, 1.54) is 0 Å². The summed E-state index contributed by atoms with van der Waals surface area (Å²) in [5.74, 6) is 1.44. The molecule has 0 aliphatic carbocycles. The second-order valence-corrected chi connectivity index (χ2v) is 8.61. The van der Waals surface area contributed by atoms with E-state index in [1.807, 2.05) is 47.4 Å². The Balaban J connectivity index is 1.22. The number of anilines is 2. The quantitative estimate of drug-likeness (QED) is 0.577. The Labute approximate surface area is 197 Å². The van der Waals surface area contributed by atoms with Gasteiger partial charge in [-0.1, -0.05) is 23.4 Å². The smallest absolute Gasteiger partial charge is 0.228 e. The Morgan fingerprint density at radius 2 is 1.82 bits per heavy atom. The Kier molecular flexibility index (Phi) is 5.91. The summed E-state index contributed by atoms with van der Waals surface area (Å²) in [4.78, 5) is 36.1. The zero-order valence-electron chi connectivity index (χ0n) is 19.3. The molecule has 1 atom stereocenters. The molecule has 34 heavy (non-hydrogen) atoms. The maximum absolute atomic E-state index is 13.2. The van der Waals surface area contributed by atoms with Crippen molar-refractivity contribution in [2.24, 2.45) is 5.92 Å². The highest BCUT2D eigenvalue weighted by Gasteiger charge is 2.38. The first kappa shape index (κ1) is 21.9. The van der Waals surface area contributed by atoms with Crippen LogP contribution in [-0.4, -0.2) is 66.7 Å². The third-order valence-corrected chi connectivity index (χ3v) is 6.43. The number of hydrogen-bond acceptors (Lipinski definition) is 7. The van der Waals surface area contributed by atoms with E-state index in [4.69, 9.17) is 9.26 Å². The van der Waals surface area contributed by atoms with Crippen LogP contribution in [0.3, 0.4) is 0 Å². The Morgan fingerprint density at radius 3 is 2.56 bits per heavy atom. The zero-order chi connectivity index (χ0) is 23.7. The molecule has 2 aliphatic rings. The maximum atomic E-state index is 13.2. The maximum Gasteiger partial charge on any atom is 0.228 e. The van der Waals surface area contributed by atoms with E-state index < -0.39 is 0 Å². The molecule has 3 aromatic rings. The lowest BCUT2D eigenvalue weighted by Gasteiger charge is -2.37. The largest absolute Gasteiger partial charge is 0.497 e. The van der Waals surface area contributed by atoms with Gasteiger partial charge in [-0.05, 0) is 24.3 Å². The summed E-state index contributed by atoms with van der Waals surface area (Å²) in [6.07, 6.45) is 0.223. The van der Waals surface area contributed by atoms with Crippen LogP contribution >= 0.6 is 0 Å². The van der Waals surface area contributed by atoms with Crippen molar-refractivity contribution < 1.29 is 18.8 Å². The monoisotopic (exact) mass is 461 g/mol. The van der Waals surface area contributed by atoms with Gasteiger partial charge in [0.2, 0.25) is 23.5 Å². The molecule has 2 amide bonds. The topological polar surface area (TPSA) is 92.0 Å². The molecule has 0 unspecified atom stereocenters. The molecule has 9 heteroatoms. The fourth-order valence-corrected chi connectivity index (χ4v) is 4.60. The minimum Gasteiger partial charge on any atom is -0.497 e. The average Bonchev–Trinajstić information content (AvgIpc) is 3.49. The highest BCUT2D eigenvalue weighted by Crippen LogP contribution is 2.30. The number of hydrogen-bond donors (Lipinski definition) is 0. The lowest BCUT2D eigenvalue weighted by molar-refractivity contribution is -0.136. The number of carbonyl (C=O) groups is 2. The summed E-state index contributed by atoms with van der Waals surface area (Å²) in [6, 6.07) is 15.4. The van der Waals surface area contributed by atoms with Gasteiger partial charge in [0.05, 0.1) is 13.0 Å². The number of aryl methyl sites for hydroxylation is 1. The number of aromatic nitrogens is 2. The van der Waals surface area contributed by atoms with Gasteiger partial charge in [0.1, 0.15) is 5.75 Å². The van der Waals surface area contributed by atoms with Crippen LogP contribution in [0.5, 0.6) is 5.75 Å². The molecule has 3 heterocycles. The van der Waals surface area contributed by atoms with Gasteiger partial charge in [0.15, 0.2) is 0 Å². The van der Waals surface area contributed by atoms with E-state index in [0.717, 1.165) is 35.8 Å². The summed E-state index contributed by atoms with van der Waals surface area (Å²) >= 11 is 0. The van der Waals surface area contributed by atoms with Crippen LogP contribution in [0.2, 0.25) is 0 Å². The molecular formula is C25H27N5O4. The molecule has 0 radical (unpaired) electrons. The number of benzene rings is 2. The third-order valence-electron chi connectivity index (χ3n) is 6.43. The Morgan fingerprint density at radius 1 is 1.06 bits per heavy atom.